The van der Waals surface area contributed by atoms with Gasteiger partial charge in [-0.3, -0.25) is 0 Å². The van der Waals surface area contributed by atoms with Crippen LogP contribution in [-0.4, -0.2) is 4.98 Å². The molecule has 1 heteroatoms. The summed E-state index contributed by atoms with van der Waals surface area (Å²) in [7, 11) is 0. The summed E-state index contributed by atoms with van der Waals surface area (Å²) in [6.45, 7) is 3.71. The van der Waals surface area contributed by atoms with Crippen molar-refractivity contribution in [3.63, 3.8) is 0 Å². The third-order valence-electron chi connectivity index (χ3n) is 1.95. The average molecular weight is 157 g/mol. The molecule has 60 valence electrons. The summed E-state index contributed by atoms with van der Waals surface area (Å²) in [4.78, 5) is 3.33. The Labute approximate surface area is 71.7 Å². The molecule has 12 heavy (non-hydrogen) atoms. The van der Waals surface area contributed by atoms with E-state index < -0.39 is 0 Å². The smallest absolute Gasteiger partial charge is 0.0456 e. The molecule has 0 aliphatic heterocycles. The maximum Gasteiger partial charge on any atom is 0.0456 e. The lowest BCUT2D eigenvalue weighted by atomic mass is 10.2. The van der Waals surface area contributed by atoms with Crippen LogP contribution in [0.3, 0.4) is 0 Å². The Morgan fingerprint density at radius 3 is 2.92 bits per heavy atom. The third-order valence-corrected chi connectivity index (χ3v) is 1.95. The van der Waals surface area contributed by atoms with Gasteiger partial charge in [-0.1, -0.05) is 24.3 Å². The molecule has 0 fully saturated rings. The zero-order chi connectivity index (χ0) is 8.39. The van der Waals surface area contributed by atoms with E-state index in [0.717, 1.165) is 6.42 Å². The van der Waals surface area contributed by atoms with Gasteiger partial charge in [0.2, 0.25) is 0 Å². The van der Waals surface area contributed by atoms with Crippen LogP contribution in [0.2, 0.25) is 0 Å². The molecular weight excluding hydrogens is 146 g/mol. The van der Waals surface area contributed by atoms with Crippen LogP contribution in [0.1, 0.15) is 5.69 Å². The van der Waals surface area contributed by atoms with Gasteiger partial charge in [-0.15, -0.1) is 6.58 Å². The summed E-state index contributed by atoms with van der Waals surface area (Å²) in [5.74, 6) is 0. The first-order chi connectivity index (χ1) is 5.90. The van der Waals surface area contributed by atoms with Crippen molar-refractivity contribution < 1.29 is 0 Å². The van der Waals surface area contributed by atoms with Crippen molar-refractivity contribution in [3.8, 4) is 0 Å². The molecule has 0 radical (unpaired) electrons. The van der Waals surface area contributed by atoms with Crippen LogP contribution in [0.25, 0.3) is 10.9 Å². The van der Waals surface area contributed by atoms with Crippen molar-refractivity contribution >= 4 is 10.9 Å². The molecular formula is C11H11N. The monoisotopic (exact) mass is 157 g/mol. The number of para-hydroxylation sites is 1. The van der Waals surface area contributed by atoms with Gasteiger partial charge in [0.05, 0.1) is 0 Å². The molecule has 0 saturated heterocycles. The number of hydrogen-bond acceptors (Lipinski definition) is 0. The Kier molecular flexibility index (Phi) is 1.71. The molecule has 1 heterocycles. The molecule has 1 aromatic heterocycles. The van der Waals surface area contributed by atoms with Crippen LogP contribution < -0.4 is 0 Å². The van der Waals surface area contributed by atoms with Crippen LogP contribution in [0.5, 0.6) is 0 Å². The molecule has 0 saturated carbocycles. The van der Waals surface area contributed by atoms with Gasteiger partial charge in [0, 0.05) is 17.6 Å². The predicted molar refractivity (Wildman–Crippen MR) is 52.2 cm³/mol. The van der Waals surface area contributed by atoms with Crippen LogP contribution >= 0.6 is 0 Å². The van der Waals surface area contributed by atoms with E-state index in [1.165, 1.54) is 16.6 Å². The van der Waals surface area contributed by atoms with Crippen LogP contribution in [0.4, 0.5) is 0 Å². The molecule has 1 aromatic carbocycles. The van der Waals surface area contributed by atoms with Crippen molar-refractivity contribution in [2.45, 2.75) is 6.42 Å². The summed E-state index contributed by atoms with van der Waals surface area (Å²) in [5, 5.41) is 1.27. The fourth-order valence-corrected chi connectivity index (χ4v) is 1.40. The fourth-order valence-electron chi connectivity index (χ4n) is 1.40. The number of aromatic nitrogens is 1. The van der Waals surface area contributed by atoms with Gasteiger partial charge in [-0.05, 0) is 17.5 Å². The Morgan fingerprint density at radius 2 is 2.17 bits per heavy atom. The highest BCUT2D eigenvalue weighted by Crippen LogP contribution is 2.14. The third kappa shape index (κ3) is 1.14. The van der Waals surface area contributed by atoms with Crippen molar-refractivity contribution in [1.82, 2.24) is 4.98 Å². The Bertz CT molecular complexity index is 365. The van der Waals surface area contributed by atoms with E-state index in [9.17, 15) is 0 Å². The van der Waals surface area contributed by atoms with Gasteiger partial charge in [0.1, 0.15) is 0 Å². The number of hydrogen-bond donors (Lipinski definition) is 1. The molecule has 0 bridgehead atoms. The summed E-state index contributed by atoms with van der Waals surface area (Å²) in [6.07, 6.45) is 2.82. The van der Waals surface area contributed by atoms with Gasteiger partial charge < -0.3 is 4.98 Å². The number of aromatic amines is 1. The van der Waals surface area contributed by atoms with E-state index in [-0.39, 0.29) is 0 Å². The van der Waals surface area contributed by atoms with E-state index in [0.29, 0.717) is 0 Å². The number of fused-ring (bicyclic) bond motifs is 1. The molecule has 0 aliphatic rings. The molecule has 2 aromatic rings. The number of H-pyrrole nitrogens is 1. The summed E-state index contributed by atoms with van der Waals surface area (Å²) in [5.41, 5.74) is 2.43. The zero-order valence-corrected chi connectivity index (χ0v) is 6.88. The highest BCUT2D eigenvalue weighted by atomic mass is 14.7. The van der Waals surface area contributed by atoms with E-state index in [1.54, 1.807) is 0 Å². The molecule has 0 aliphatic carbocycles. The topological polar surface area (TPSA) is 15.8 Å². The lowest BCUT2D eigenvalue weighted by molar-refractivity contribution is 1.17. The maximum atomic E-state index is 3.71. The Hall–Kier alpha value is -1.50. The van der Waals surface area contributed by atoms with Gasteiger partial charge in [-0.25, -0.2) is 0 Å². The van der Waals surface area contributed by atoms with E-state index in [1.807, 2.05) is 18.2 Å². The minimum absolute atomic E-state index is 0.911. The minimum Gasteiger partial charge on any atom is -0.358 e. The van der Waals surface area contributed by atoms with Crippen molar-refractivity contribution in [3.05, 3.63) is 48.7 Å². The molecule has 1 nitrogen and oxygen atoms in total. The molecule has 0 spiro atoms. The van der Waals surface area contributed by atoms with Crippen molar-refractivity contribution in [2.24, 2.45) is 0 Å². The van der Waals surface area contributed by atoms with Gasteiger partial charge in [-0.2, -0.15) is 0 Å². The predicted octanol–water partition coefficient (Wildman–Crippen LogP) is 2.90. The summed E-state index contributed by atoms with van der Waals surface area (Å²) < 4.78 is 0. The molecule has 1 N–H and O–H groups in total. The van der Waals surface area contributed by atoms with Crippen LogP contribution in [0, 0.1) is 0 Å². The Morgan fingerprint density at radius 1 is 1.33 bits per heavy atom. The van der Waals surface area contributed by atoms with Gasteiger partial charge in [0.25, 0.3) is 0 Å². The maximum absolute atomic E-state index is 3.71. The number of rotatable bonds is 2. The lowest BCUT2D eigenvalue weighted by Gasteiger charge is -1.86. The highest BCUT2D eigenvalue weighted by molar-refractivity contribution is 5.80. The second kappa shape index (κ2) is 2.86. The number of benzene rings is 1. The van der Waals surface area contributed by atoms with Crippen LogP contribution in [-0.2, 0) is 6.42 Å². The summed E-state index contributed by atoms with van der Waals surface area (Å²) >= 11 is 0. The normalized spacial score (nSPS) is 10.3. The quantitative estimate of drug-likeness (QED) is 0.645. The van der Waals surface area contributed by atoms with E-state index in [2.05, 4.69) is 29.8 Å². The molecule has 2 rings (SSSR count). The van der Waals surface area contributed by atoms with Crippen LogP contribution in [0.15, 0.2) is 43.0 Å². The van der Waals surface area contributed by atoms with E-state index >= 15 is 0 Å². The number of allylic oxidation sites excluding steroid dienone is 1. The second-order valence-corrected chi connectivity index (χ2v) is 2.87. The van der Waals surface area contributed by atoms with Gasteiger partial charge in [0.15, 0.2) is 0 Å². The number of nitrogens with one attached hydrogen (secondary N) is 1. The lowest BCUT2D eigenvalue weighted by Crippen LogP contribution is -1.76. The largest absolute Gasteiger partial charge is 0.358 e. The molecule has 0 unspecified atom stereocenters. The highest BCUT2D eigenvalue weighted by Gasteiger charge is 1.96. The molecule has 0 amide bonds. The summed E-state index contributed by atoms with van der Waals surface area (Å²) in [6, 6.07) is 10.4. The van der Waals surface area contributed by atoms with Crippen molar-refractivity contribution in [2.75, 3.05) is 0 Å². The first kappa shape index (κ1) is 7.17. The standard InChI is InChI=1S/C11H11N/c1-2-5-10-8-9-6-3-4-7-11(9)12-10/h2-4,6-8,12H,1,5H2. The minimum atomic E-state index is 0.911. The van der Waals surface area contributed by atoms with Gasteiger partial charge >= 0.3 is 0 Å². The first-order valence-electron chi connectivity index (χ1n) is 4.07. The van der Waals surface area contributed by atoms with E-state index in [4.69, 9.17) is 0 Å². The SMILES string of the molecule is C=CCc1cc2ccccc2[nH]1. The molecule has 0 atom stereocenters. The average Bonchev–Trinajstić information content (AvgIpc) is 2.47. The fraction of sp³-hybridized carbons (Fsp3) is 0.0909. The van der Waals surface area contributed by atoms with Crippen molar-refractivity contribution in [1.29, 1.82) is 0 Å². The zero-order valence-electron chi connectivity index (χ0n) is 6.88. The first-order valence-corrected chi connectivity index (χ1v) is 4.07. The second-order valence-electron chi connectivity index (χ2n) is 2.87. The Balaban J connectivity index is 2.54.